The van der Waals surface area contributed by atoms with Gasteiger partial charge in [0.05, 0.1) is 28.0 Å². The summed E-state index contributed by atoms with van der Waals surface area (Å²) >= 11 is 11.7. The van der Waals surface area contributed by atoms with Crippen LogP contribution in [0.3, 0.4) is 0 Å². The summed E-state index contributed by atoms with van der Waals surface area (Å²) in [5, 5.41) is 13.0. The number of benzene rings is 1. The minimum atomic E-state index is -0.0236. The van der Waals surface area contributed by atoms with Gasteiger partial charge in [0.2, 0.25) is 0 Å². The van der Waals surface area contributed by atoms with Gasteiger partial charge >= 0.3 is 0 Å². The molecule has 0 aromatic heterocycles. The van der Waals surface area contributed by atoms with Crippen LogP contribution in [0.5, 0.6) is 0 Å². The normalized spacial score (nSPS) is 12.5. The topological polar surface area (TPSA) is 58.3 Å². The SMILES string of the molecule is CCC(CO)Nc1cc(Cl)c(Cl)cc1N. The number of anilines is 2. The lowest BCUT2D eigenvalue weighted by Crippen LogP contribution is -2.23. The Morgan fingerprint density at radius 1 is 1.40 bits per heavy atom. The van der Waals surface area contributed by atoms with Crippen LogP contribution in [0.2, 0.25) is 10.0 Å². The van der Waals surface area contributed by atoms with Gasteiger partial charge in [-0.3, -0.25) is 0 Å². The van der Waals surface area contributed by atoms with Gasteiger partial charge in [-0.1, -0.05) is 30.1 Å². The molecule has 0 fully saturated rings. The van der Waals surface area contributed by atoms with Gasteiger partial charge in [0.15, 0.2) is 0 Å². The number of aliphatic hydroxyl groups excluding tert-OH is 1. The number of rotatable bonds is 4. The number of nitrogens with one attached hydrogen (secondary N) is 1. The van der Waals surface area contributed by atoms with Gasteiger partial charge in [0, 0.05) is 6.04 Å². The van der Waals surface area contributed by atoms with Crippen LogP contribution in [0.25, 0.3) is 0 Å². The van der Waals surface area contributed by atoms with Crippen molar-refractivity contribution in [2.75, 3.05) is 17.7 Å². The monoisotopic (exact) mass is 248 g/mol. The zero-order valence-corrected chi connectivity index (χ0v) is 9.94. The Bertz CT molecular complexity index is 340. The minimum Gasteiger partial charge on any atom is -0.397 e. The highest BCUT2D eigenvalue weighted by Crippen LogP contribution is 2.31. The summed E-state index contributed by atoms with van der Waals surface area (Å²) in [5.41, 5.74) is 6.98. The van der Waals surface area contributed by atoms with Crippen LogP contribution in [0, 0.1) is 0 Å². The van der Waals surface area contributed by atoms with E-state index in [0.29, 0.717) is 21.4 Å². The van der Waals surface area contributed by atoms with E-state index in [1.807, 2.05) is 6.92 Å². The molecule has 0 spiro atoms. The molecule has 0 aliphatic carbocycles. The zero-order valence-electron chi connectivity index (χ0n) is 8.43. The third kappa shape index (κ3) is 3.16. The van der Waals surface area contributed by atoms with E-state index >= 15 is 0 Å². The first-order valence-corrected chi connectivity index (χ1v) is 5.46. The fraction of sp³-hybridized carbons (Fsp3) is 0.400. The van der Waals surface area contributed by atoms with Crippen molar-refractivity contribution >= 4 is 34.6 Å². The summed E-state index contributed by atoms with van der Waals surface area (Å²) in [6.45, 7) is 2.03. The molecule has 0 saturated heterocycles. The molecule has 1 aromatic rings. The van der Waals surface area contributed by atoms with Crippen LogP contribution in [-0.2, 0) is 0 Å². The van der Waals surface area contributed by atoms with E-state index in [0.717, 1.165) is 6.42 Å². The second-order valence-electron chi connectivity index (χ2n) is 3.29. The molecule has 1 aromatic carbocycles. The van der Waals surface area contributed by atoms with E-state index in [4.69, 9.17) is 34.0 Å². The Hall–Kier alpha value is -0.640. The Labute approximate surface area is 99.2 Å². The molecule has 0 saturated carbocycles. The maximum atomic E-state index is 9.04. The van der Waals surface area contributed by atoms with Crippen LogP contribution < -0.4 is 11.1 Å². The van der Waals surface area contributed by atoms with Crippen LogP contribution in [0.15, 0.2) is 12.1 Å². The number of halogens is 2. The summed E-state index contributed by atoms with van der Waals surface area (Å²) in [7, 11) is 0. The first-order valence-electron chi connectivity index (χ1n) is 4.70. The second kappa shape index (κ2) is 5.45. The van der Waals surface area contributed by atoms with Crippen molar-refractivity contribution in [1.82, 2.24) is 0 Å². The lowest BCUT2D eigenvalue weighted by atomic mass is 10.2. The largest absolute Gasteiger partial charge is 0.397 e. The average molecular weight is 249 g/mol. The minimum absolute atomic E-state index is 0.0236. The lowest BCUT2D eigenvalue weighted by molar-refractivity contribution is 0.272. The summed E-state index contributed by atoms with van der Waals surface area (Å²) in [6, 6.07) is 3.23. The van der Waals surface area contributed by atoms with Gasteiger partial charge in [0.1, 0.15) is 0 Å². The smallest absolute Gasteiger partial charge is 0.0632 e. The van der Waals surface area contributed by atoms with Gasteiger partial charge in [0.25, 0.3) is 0 Å². The quantitative estimate of drug-likeness (QED) is 0.719. The summed E-state index contributed by atoms with van der Waals surface area (Å²) < 4.78 is 0. The lowest BCUT2D eigenvalue weighted by Gasteiger charge is -2.17. The Morgan fingerprint density at radius 3 is 2.53 bits per heavy atom. The molecule has 0 amide bonds. The molecule has 15 heavy (non-hydrogen) atoms. The third-order valence-corrected chi connectivity index (χ3v) is 2.89. The third-order valence-electron chi connectivity index (χ3n) is 2.17. The molecule has 5 heteroatoms. The molecule has 0 heterocycles. The highest BCUT2D eigenvalue weighted by molar-refractivity contribution is 6.42. The molecular weight excluding hydrogens is 235 g/mol. The average Bonchev–Trinajstić information content (AvgIpc) is 2.21. The maximum absolute atomic E-state index is 9.04. The van der Waals surface area contributed by atoms with Gasteiger partial charge < -0.3 is 16.2 Å². The number of nitrogens with two attached hydrogens (primary N) is 1. The van der Waals surface area contributed by atoms with E-state index in [9.17, 15) is 0 Å². The van der Waals surface area contributed by atoms with E-state index < -0.39 is 0 Å². The predicted molar refractivity (Wildman–Crippen MR) is 65.7 cm³/mol. The highest BCUT2D eigenvalue weighted by Gasteiger charge is 2.09. The zero-order chi connectivity index (χ0) is 11.4. The van der Waals surface area contributed by atoms with Crippen molar-refractivity contribution in [2.45, 2.75) is 19.4 Å². The van der Waals surface area contributed by atoms with Crippen molar-refractivity contribution in [1.29, 1.82) is 0 Å². The van der Waals surface area contributed by atoms with Crippen LogP contribution >= 0.6 is 23.2 Å². The number of hydrogen-bond donors (Lipinski definition) is 3. The van der Waals surface area contributed by atoms with Gasteiger partial charge in [-0.25, -0.2) is 0 Å². The van der Waals surface area contributed by atoms with E-state index in [1.165, 1.54) is 0 Å². The molecule has 84 valence electrons. The van der Waals surface area contributed by atoms with Crippen molar-refractivity contribution in [3.8, 4) is 0 Å². The number of aliphatic hydroxyl groups is 1. The highest BCUT2D eigenvalue weighted by atomic mass is 35.5. The Morgan fingerprint density at radius 2 is 2.00 bits per heavy atom. The molecule has 4 N–H and O–H groups in total. The van der Waals surface area contributed by atoms with E-state index in [-0.39, 0.29) is 12.6 Å². The molecule has 0 bridgehead atoms. The fourth-order valence-electron chi connectivity index (χ4n) is 1.18. The van der Waals surface area contributed by atoms with Crippen molar-refractivity contribution < 1.29 is 5.11 Å². The van der Waals surface area contributed by atoms with Gasteiger partial charge in [-0.15, -0.1) is 0 Å². The van der Waals surface area contributed by atoms with Crippen LogP contribution in [0.1, 0.15) is 13.3 Å². The summed E-state index contributed by atoms with van der Waals surface area (Å²) in [5.74, 6) is 0. The van der Waals surface area contributed by atoms with Gasteiger partial charge in [-0.2, -0.15) is 0 Å². The molecule has 0 aliphatic heterocycles. The standard InChI is InChI=1S/C10H14Cl2N2O/c1-2-6(5-15)14-10-4-8(12)7(11)3-9(10)13/h3-4,6,14-15H,2,5,13H2,1H3. The summed E-state index contributed by atoms with van der Waals surface area (Å²) in [6.07, 6.45) is 0.802. The molecule has 1 unspecified atom stereocenters. The molecular formula is C10H14Cl2N2O. The Balaban J connectivity index is 2.89. The summed E-state index contributed by atoms with van der Waals surface area (Å²) in [4.78, 5) is 0. The van der Waals surface area contributed by atoms with E-state index in [2.05, 4.69) is 5.32 Å². The Kier molecular flexibility index (Phi) is 4.51. The van der Waals surface area contributed by atoms with E-state index in [1.54, 1.807) is 12.1 Å². The fourth-order valence-corrected chi connectivity index (χ4v) is 1.52. The number of nitrogen functional groups attached to an aromatic ring is 1. The van der Waals surface area contributed by atoms with Crippen molar-refractivity contribution in [3.05, 3.63) is 22.2 Å². The molecule has 3 nitrogen and oxygen atoms in total. The molecule has 0 aliphatic rings. The van der Waals surface area contributed by atoms with Crippen molar-refractivity contribution in [2.24, 2.45) is 0 Å². The van der Waals surface area contributed by atoms with Crippen molar-refractivity contribution in [3.63, 3.8) is 0 Å². The molecule has 1 atom stereocenters. The van der Waals surface area contributed by atoms with Crippen LogP contribution in [-0.4, -0.2) is 17.8 Å². The first-order chi connectivity index (χ1) is 7.08. The molecule has 1 rings (SSSR count). The number of hydrogen-bond acceptors (Lipinski definition) is 3. The molecule has 0 radical (unpaired) electrons. The maximum Gasteiger partial charge on any atom is 0.0632 e. The van der Waals surface area contributed by atoms with Crippen LogP contribution in [0.4, 0.5) is 11.4 Å². The second-order valence-corrected chi connectivity index (χ2v) is 4.10. The predicted octanol–water partition coefficient (Wildman–Crippen LogP) is 2.76. The van der Waals surface area contributed by atoms with Gasteiger partial charge in [-0.05, 0) is 18.6 Å². The first kappa shape index (κ1) is 12.4.